The van der Waals surface area contributed by atoms with Crippen LogP contribution in [0.3, 0.4) is 0 Å². The Morgan fingerprint density at radius 2 is 1.90 bits per heavy atom. The van der Waals surface area contributed by atoms with Crippen molar-refractivity contribution in [2.45, 2.75) is 26.2 Å². The molecule has 0 radical (unpaired) electrons. The molecule has 1 saturated heterocycles. The fourth-order valence-electron chi connectivity index (χ4n) is 2.68. The maximum atomic E-state index is 12.4. The lowest BCUT2D eigenvalue weighted by atomic mass is 10.1. The van der Waals surface area contributed by atoms with Crippen LogP contribution in [0.4, 0.5) is 0 Å². The second-order valence-electron chi connectivity index (χ2n) is 5.45. The van der Waals surface area contributed by atoms with Crippen molar-refractivity contribution >= 4 is 5.91 Å². The number of aryl methyl sites for hydroxylation is 1. The number of likely N-dealkylation sites (tertiary alicyclic amines) is 1. The van der Waals surface area contributed by atoms with E-state index in [0.29, 0.717) is 12.0 Å². The monoisotopic (exact) mass is 281 g/mol. The summed E-state index contributed by atoms with van der Waals surface area (Å²) in [5, 5.41) is 0. The number of hydrogen-bond acceptors (Lipinski definition) is 3. The summed E-state index contributed by atoms with van der Waals surface area (Å²) in [6, 6.07) is 10.1. The van der Waals surface area contributed by atoms with Gasteiger partial charge < -0.3 is 4.90 Å². The molecule has 0 aliphatic carbocycles. The van der Waals surface area contributed by atoms with Crippen molar-refractivity contribution in [2.75, 3.05) is 13.1 Å². The molecule has 0 atom stereocenters. The van der Waals surface area contributed by atoms with E-state index in [1.54, 1.807) is 6.20 Å². The van der Waals surface area contributed by atoms with Crippen molar-refractivity contribution in [3.05, 3.63) is 59.2 Å². The molecule has 0 spiro atoms. The van der Waals surface area contributed by atoms with E-state index < -0.39 is 0 Å². The topological polar surface area (TPSA) is 46.1 Å². The molecule has 2 heterocycles. The molecule has 0 bridgehead atoms. The summed E-state index contributed by atoms with van der Waals surface area (Å²) in [5.74, 6) is 0.827. The maximum absolute atomic E-state index is 12.4. The van der Waals surface area contributed by atoms with Crippen LogP contribution >= 0.6 is 0 Å². The summed E-state index contributed by atoms with van der Waals surface area (Å²) in [4.78, 5) is 23.1. The first-order valence-electron chi connectivity index (χ1n) is 7.40. The molecule has 4 heteroatoms. The van der Waals surface area contributed by atoms with Crippen molar-refractivity contribution in [3.8, 4) is 0 Å². The number of hydrogen-bond donors (Lipinski definition) is 0. The molecule has 1 aliphatic heterocycles. The first-order valence-corrected chi connectivity index (χ1v) is 7.40. The summed E-state index contributed by atoms with van der Waals surface area (Å²) in [6.45, 7) is 3.59. The minimum absolute atomic E-state index is 0.0660. The van der Waals surface area contributed by atoms with Crippen LogP contribution in [-0.4, -0.2) is 33.9 Å². The zero-order chi connectivity index (χ0) is 14.7. The highest BCUT2D eigenvalue weighted by Crippen LogP contribution is 2.15. The molecule has 1 fully saturated rings. The fourth-order valence-corrected chi connectivity index (χ4v) is 2.68. The van der Waals surface area contributed by atoms with Gasteiger partial charge in [-0.25, -0.2) is 9.97 Å². The zero-order valence-corrected chi connectivity index (χ0v) is 12.2. The van der Waals surface area contributed by atoms with Crippen LogP contribution in [0.15, 0.2) is 36.5 Å². The highest BCUT2D eigenvalue weighted by atomic mass is 16.2. The smallest absolute Gasteiger partial charge is 0.257 e. The molecule has 1 aromatic heterocycles. The van der Waals surface area contributed by atoms with Crippen LogP contribution in [0.1, 0.15) is 40.3 Å². The van der Waals surface area contributed by atoms with Gasteiger partial charge in [-0.05, 0) is 25.3 Å². The van der Waals surface area contributed by atoms with Crippen LogP contribution in [0.2, 0.25) is 0 Å². The van der Waals surface area contributed by atoms with Gasteiger partial charge in [0.25, 0.3) is 5.91 Å². The lowest BCUT2D eigenvalue weighted by molar-refractivity contribution is 0.0791. The molecular formula is C17H19N3O. The summed E-state index contributed by atoms with van der Waals surface area (Å²) < 4.78 is 0. The third-order valence-corrected chi connectivity index (χ3v) is 3.86. The minimum Gasteiger partial charge on any atom is -0.339 e. The van der Waals surface area contributed by atoms with Gasteiger partial charge in [-0.3, -0.25) is 4.79 Å². The van der Waals surface area contributed by atoms with Crippen molar-refractivity contribution in [1.82, 2.24) is 14.9 Å². The molecule has 21 heavy (non-hydrogen) atoms. The number of carbonyl (C=O) groups excluding carboxylic acids is 1. The second kappa shape index (κ2) is 6.04. The van der Waals surface area contributed by atoms with Crippen molar-refractivity contribution in [3.63, 3.8) is 0 Å². The first-order chi connectivity index (χ1) is 10.2. The Morgan fingerprint density at radius 3 is 2.57 bits per heavy atom. The molecular weight excluding hydrogens is 262 g/mol. The Hall–Kier alpha value is -2.23. The molecule has 1 aliphatic rings. The summed E-state index contributed by atoms with van der Waals surface area (Å²) in [7, 11) is 0. The van der Waals surface area contributed by atoms with E-state index in [4.69, 9.17) is 0 Å². The first kappa shape index (κ1) is 13.7. The molecule has 1 aromatic carbocycles. The van der Waals surface area contributed by atoms with Gasteiger partial charge in [-0.2, -0.15) is 0 Å². The van der Waals surface area contributed by atoms with Crippen molar-refractivity contribution in [1.29, 1.82) is 0 Å². The van der Waals surface area contributed by atoms with E-state index in [-0.39, 0.29) is 5.91 Å². The van der Waals surface area contributed by atoms with Gasteiger partial charge in [0.1, 0.15) is 5.82 Å². The molecule has 2 aromatic rings. The lowest BCUT2D eigenvalue weighted by Crippen LogP contribution is -2.28. The van der Waals surface area contributed by atoms with Gasteiger partial charge in [-0.15, -0.1) is 0 Å². The second-order valence-corrected chi connectivity index (χ2v) is 5.45. The molecule has 3 rings (SSSR count). The molecule has 0 saturated carbocycles. The highest BCUT2D eigenvalue weighted by Gasteiger charge is 2.21. The largest absolute Gasteiger partial charge is 0.339 e. The van der Waals surface area contributed by atoms with Crippen LogP contribution in [-0.2, 0) is 6.42 Å². The number of benzene rings is 1. The van der Waals surface area contributed by atoms with Gasteiger partial charge in [-0.1, -0.05) is 30.3 Å². The van der Waals surface area contributed by atoms with E-state index in [9.17, 15) is 4.79 Å². The van der Waals surface area contributed by atoms with Crippen LogP contribution in [0, 0.1) is 6.92 Å². The standard InChI is InChI=1S/C17H19N3O/c1-13-15(17(21)20-9-5-6-10-20)12-18-16(19-13)11-14-7-3-2-4-8-14/h2-4,7-8,12H,5-6,9-11H2,1H3. The summed E-state index contributed by atoms with van der Waals surface area (Å²) in [6.07, 6.45) is 4.57. The summed E-state index contributed by atoms with van der Waals surface area (Å²) >= 11 is 0. The van der Waals surface area contributed by atoms with E-state index in [1.807, 2.05) is 30.0 Å². The number of amides is 1. The fraction of sp³-hybridized carbons (Fsp3) is 0.353. The number of rotatable bonds is 3. The Bertz CT molecular complexity index is 634. The van der Waals surface area contributed by atoms with E-state index in [0.717, 1.165) is 37.4 Å². The SMILES string of the molecule is Cc1nc(Cc2ccccc2)ncc1C(=O)N1CCCC1. The lowest BCUT2D eigenvalue weighted by Gasteiger charge is -2.16. The van der Waals surface area contributed by atoms with Gasteiger partial charge in [0, 0.05) is 25.7 Å². The van der Waals surface area contributed by atoms with E-state index in [1.165, 1.54) is 5.56 Å². The normalized spacial score (nSPS) is 14.4. The van der Waals surface area contributed by atoms with Gasteiger partial charge >= 0.3 is 0 Å². The molecule has 108 valence electrons. The van der Waals surface area contributed by atoms with Gasteiger partial charge in [0.15, 0.2) is 0 Å². The number of nitrogens with zero attached hydrogens (tertiary/aromatic N) is 3. The van der Waals surface area contributed by atoms with Gasteiger partial charge in [0.05, 0.1) is 11.3 Å². The predicted octanol–water partition coefficient (Wildman–Crippen LogP) is 2.61. The Labute approximate surface area is 124 Å². The Kier molecular flexibility index (Phi) is 3.95. The van der Waals surface area contributed by atoms with Crippen LogP contribution in [0.5, 0.6) is 0 Å². The highest BCUT2D eigenvalue weighted by molar-refractivity contribution is 5.95. The maximum Gasteiger partial charge on any atom is 0.257 e. The predicted molar refractivity (Wildman–Crippen MR) is 81.2 cm³/mol. The third kappa shape index (κ3) is 3.10. The average Bonchev–Trinajstić information content (AvgIpc) is 3.02. The Balaban J connectivity index is 1.78. The van der Waals surface area contributed by atoms with Crippen molar-refractivity contribution < 1.29 is 4.79 Å². The molecule has 1 amide bonds. The molecule has 4 nitrogen and oxygen atoms in total. The average molecular weight is 281 g/mol. The summed E-state index contributed by atoms with van der Waals surface area (Å²) in [5.41, 5.74) is 2.58. The van der Waals surface area contributed by atoms with Crippen LogP contribution in [0.25, 0.3) is 0 Å². The molecule has 0 N–H and O–H groups in total. The quantitative estimate of drug-likeness (QED) is 0.868. The van der Waals surface area contributed by atoms with Gasteiger partial charge in [0.2, 0.25) is 0 Å². The van der Waals surface area contributed by atoms with E-state index >= 15 is 0 Å². The molecule has 0 unspecified atom stereocenters. The zero-order valence-electron chi connectivity index (χ0n) is 12.2. The number of carbonyl (C=O) groups is 1. The van der Waals surface area contributed by atoms with Crippen LogP contribution < -0.4 is 0 Å². The number of aromatic nitrogens is 2. The minimum atomic E-state index is 0.0660. The van der Waals surface area contributed by atoms with E-state index in [2.05, 4.69) is 22.1 Å². The van der Waals surface area contributed by atoms with Crippen molar-refractivity contribution in [2.24, 2.45) is 0 Å². The Morgan fingerprint density at radius 1 is 1.19 bits per heavy atom. The third-order valence-electron chi connectivity index (χ3n) is 3.86.